The molecule has 0 unspecified atom stereocenters. The molecule has 2 nitrogen and oxygen atoms in total. The minimum absolute atomic E-state index is 0.345. The molecular weight excluding hydrogens is 176 g/mol. The van der Waals surface area contributed by atoms with Crippen molar-refractivity contribution in [2.75, 3.05) is 13.2 Å². The molecule has 0 aromatic rings. The second kappa shape index (κ2) is 6.99. The summed E-state index contributed by atoms with van der Waals surface area (Å²) in [6, 6.07) is 0. The standard InChI is InChI=1S/C12H22O2/c1-2-14-10-9-12(13)11-7-5-3-4-6-8-11/h11H,2-10H2,1H3. The van der Waals surface area contributed by atoms with Crippen molar-refractivity contribution < 1.29 is 9.53 Å². The smallest absolute Gasteiger partial charge is 0.138 e. The van der Waals surface area contributed by atoms with Crippen LogP contribution in [0.25, 0.3) is 0 Å². The Morgan fingerprint density at radius 2 is 1.86 bits per heavy atom. The molecule has 1 saturated carbocycles. The van der Waals surface area contributed by atoms with Crippen LogP contribution in [0, 0.1) is 5.92 Å². The zero-order valence-corrected chi connectivity index (χ0v) is 9.26. The Hall–Kier alpha value is -0.370. The average molecular weight is 198 g/mol. The Kier molecular flexibility index (Phi) is 5.85. The van der Waals surface area contributed by atoms with E-state index in [-0.39, 0.29) is 0 Å². The van der Waals surface area contributed by atoms with Gasteiger partial charge < -0.3 is 4.74 Å². The lowest BCUT2D eigenvalue weighted by molar-refractivity contribution is -0.124. The van der Waals surface area contributed by atoms with Crippen molar-refractivity contribution in [3.63, 3.8) is 0 Å². The highest BCUT2D eigenvalue weighted by Gasteiger charge is 2.19. The highest BCUT2D eigenvalue weighted by molar-refractivity contribution is 5.81. The minimum Gasteiger partial charge on any atom is -0.381 e. The molecule has 2 heteroatoms. The lowest BCUT2D eigenvalue weighted by atomic mass is 9.94. The summed E-state index contributed by atoms with van der Waals surface area (Å²) < 4.78 is 5.21. The summed E-state index contributed by atoms with van der Waals surface area (Å²) in [4.78, 5) is 11.7. The lowest BCUT2D eigenvalue weighted by Gasteiger charge is -2.12. The van der Waals surface area contributed by atoms with Crippen LogP contribution in [0.2, 0.25) is 0 Å². The van der Waals surface area contributed by atoms with E-state index in [1.54, 1.807) is 0 Å². The van der Waals surface area contributed by atoms with E-state index in [0.29, 0.717) is 24.7 Å². The molecule has 0 aliphatic heterocycles. The first-order valence-corrected chi connectivity index (χ1v) is 5.95. The van der Waals surface area contributed by atoms with Crippen molar-refractivity contribution in [3.05, 3.63) is 0 Å². The van der Waals surface area contributed by atoms with Gasteiger partial charge in [-0.3, -0.25) is 4.79 Å². The van der Waals surface area contributed by atoms with Crippen molar-refractivity contribution in [1.82, 2.24) is 0 Å². The predicted octanol–water partition coefficient (Wildman–Crippen LogP) is 2.95. The number of Topliss-reactive ketones (excluding diaryl/α,β-unsaturated/α-hetero) is 1. The first-order valence-electron chi connectivity index (χ1n) is 5.95. The van der Waals surface area contributed by atoms with Gasteiger partial charge in [0.25, 0.3) is 0 Å². The van der Waals surface area contributed by atoms with Crippen LogP contribution in [-0.2, 0) is 9.53 Å². The molecule has 1 aliphatic rings. The predicted molar refractivity (Wildman–Crippen MR) is 57.3 cm³/mol. The molecule has 82 valence electrons. The van der Waals surface area contributed by atoms with Crippen LogP contribution in [0.1, 0.15) is 51.9 Å². The third-order valence-electron chi connectivity index (χ3n) is 3.01. The number of hydrogen-bond acceptors (Lipinski definition) is 2. The number of ether oxygens (including phenoxy) is 1. The summed E-state index contributed by atoms with van der Waals surface area (Å²) in [7, 11) is 0. The molecule has 0 N–H and O–H groups in total. The zero-order chi connectivity index (χ0) is 10.2. The largest absolute Gasteiger partial charge is 0.381 e. The van der Waals surface area contributed by atoms with Gasteiger partial charge in [-0.1, -0.05) is 25.7 Å². The van der Waals surface area contributed by atoms with Crippen molar-refractivity contribution >= 4 is 5.78 Å². The molecule has 0 aromatic heterocycles. The van der Waals surface area contributed by atoms with Crippen molar-refractivity contribution in [2.45, 2.75) is 51.9 Å². The Morgan fingerprint density at radius 3 is 2.43 bits per heavy atom. The molecule has 0 aromatic carbocycles. The zero-order valence-electron chi connectivity index (χ0n) is 9.26. The fraction of sp³-hybridized carbons (Fsp3) is 0.917. The first-order chi connectivity index (χ1) is 6.84. The number of ketones is 1. The summed E-state index contributed by atoms with van der Waals surface area (Å²) >= 11 is 0. The third-order valence-corrected chi connectivity index (χ3v) is 3.01. The van der Waals surface area contributed by atoms with Gasteiger partial charge >= 0.3 is 0 Å². The Balaban J connectivity index is 2.20. The molecule has 1 fully saturated rings. The minimum atomic E-state index is 0.345. The number of rotatable bonds is 5. The average Bonchev–Trinajstić information content (AvgIpc) is 2.46. The molecule has 1 rings (SSSR count). The Labute approximate surface area is 87.0 Å². The number of carbonyl (C=O) groups is 1. The maximum absolute atomic E-state index is 11.7. The molecule has 0 saturated heterocycles. The van der Waals surface area contributed by atoms with Crippen molar-refractivity contribution in [1.29, 1.82) is 0 Å². The number of hydrogen-bond donors (Lipinski definition) is 0. The molecule has 0 radical (unpaired) electrons. The van der Waals surface area contributed by atoms with Gasteiger partial charge in [0, 0.05) is 18.9 Å². The van der Waals surface area contributed by atoms with Crippen molar-refractivity contribution in [2.24, 2.45) is 5.92 Å². The first kappa shape index (κ1) is 11.7. The van der Waals surface area contributed by atoms with Crippen LogP contribution in [-0.4, -0.2) is 19.0 Å². The van der Waals surface area contributed by atoms with Gasteiger partial charge in [-0.15, -0.1) is 0 Å². The molecule has 0 bridgehead atoms. The van der Waals surface area contributed by atoms with Gasteiger partial charge in [-0.2, -0.15) is 0 Å². The topological polar surface area (TPSA) is 26.3 Å². The van der Waals surface area contributed by atoms with Gasteiger partial charge in [-0.05, 0) is 19.8 Å². The summed E-state index contributed by atoms with van der Waals surface area (Å²) in [5.41, 5.74) is 0. The number of carbonyl (C=O) groups excluding carboxylic acids is 1. The fourth-order valence-corrected chi connectivity index (χ4v) is 2.12. The second-order valence-corrected chi connectivity index (χ2v) is 4.10. The maximum atomic E-state index is 11.7. The van der Waals surface area contributed by atoms with Gasteiger partial charge in [0.1, 0.15) is 5.78 Å². The Morgan fingerprint density at radius 1 is 1.21 bits per heavy atom. The van der Waals surface area contributed by atoms with E-state index >= 15 is 0 Å². The quantitative estimate of drug-likeness (QED) is 0.501. The van der Waals surface area contributed by atoms with E-state index < -0.39 is 0 Å². The van der Waals surface area contributed by atoms with Crippen LogP contribution in [0.15, 0.2) is 0 Å². The molecule has 1 aliphatic carbocycles. The van der Waals surface area contributed by atoms with Crippen LogP contribution in [0.4, 0.5) is 0 Å². The molecule has 0 heterocycles. The van der Waals surface area contributed by atoms with E-state index in [4.69, 9.17) is 4.74 Å². The van der Waals surface area contributed by atoms with Crippen LogP contribution < -0.4 is 0 Å². The molecule has 0 spiro atoms. The monoisotopic (exact) mass is 198 g/mol. The lowest BCUT2D eigenvalue weighted by Crippen LogP contribution is -2.15. The van der Waals surface area contributed by atoms with Gasteiger partial charge in [0.05, 0.1) is 6.61 Å². The summed E-state index contributed by atoms with van der Waals surface area (Å²) in [5, 5.41) is 0. The summed E-state index contributed by atoms with van der Waals surface area (Å²) in [6.45, 7) is 3.31. The SMILES string of the molecule is CCOCCC(=O)C1CCCCCC1. The fourth-order valence-electron chi connectivity index (χ4n) is 2.12. The highest BCUT2D eigenvalue weighted by atomic mass is 16.5. The Bertz CT molecular complexity index is 158. The van der Waals surface area contributed by atoms with Crippen LogP contribution in [0.3, 0.4) is 0 Å². The van der Waals surface area contributed by atoms with E-state index in [0.717, 1.165) is 19.4 Å². The summed E-state index contributed by atoms with van der Waals surface area (Å²) in [5.74, 6) is 0.776. The second-order valence-electron chi connectivity index (χ2n) is 4.10. The van der Waals surface area contributed by atoms with E-state index in [1.165, 1.54) is 25.7 Å². The maximum Gasteiger partial charge on any atom is 0.138 e. The normalized spacial score (nSPS) is 19.2. The molecular formula is C12H22O2. The van der Waals surface area contributed by atoms with E-state index in [9.17, 15) is 4.79 Å². The van der Waals surface area contributed by atoms with Gasteiger partial charge in [0.2, 0.25) is 0 Å². The van der Waals surface area contributed by atoms with Crippen molar-refractivity contribution in [3.8, 4) is 0 Å². The van der Waals surface area contributed by atoms with E-state index in [1.807, 2.05) is 6.92 Å². The summed E-state index contributed by atoms with van der Waals surface area (Å²) in [6.07, 6.45) is 7.97. The molecule has 0 amide bonds. The van der Waals surface area contributed by atoms with Crippen LogP contribution in [0.5, 0.6) is 0 Å². The van der Waals surface area contributed by atoms with Gasteiger partial charge in [0.15, 0.2) is 0 Å². The van der Waals surface area contributed by atoms with E-state index in [2.05, 4.69) is 0 Å². The van der Waals surface area contributed by atoms with Gasteiger partial charge in [-0.25, -0.2) is 0 Å². The highest BCUT2D eigenvalue weighted by Crippen LogP contribution is 2.24. The molecule has 0 atom stereocenters. The molecule has 14 heavy (non-hydrogen) atoms. The third kappa shape index (κ3) is 4.23. The van der Waals surface area contributed by atoms with Crippen LogP contribution >= 0.6 is 0 Å².